The van der Waals surface area contributed by atoms with Gasteiger partial charge in [-0.15, -0.1) is 0 Å². The van der Waals surface area contributed by atoms with Crippen LogP contribution in [0.5, 0.6) is 0 Å². The Labute approximate surface area is 59.6 Å². The highest BCUT2D eigenvalue weighted by molar-refractivity contribution is 7.80. The fourth-order valence-electron chi connectivity index (χ4n) is 0.368. The summed E-state index contributed by atoms with van der Waals surface area (Å²) in [5.74, 6) is 0. The van der Waals surface area contributed by atoms with Gasteiger partial charge in [-0.05, 0) is 12.8 Å². The highest BCUT2D eigenvalue weighted by Gasteiger charge is 2.01. The van der Waals surface area contributed by atoms with Gasteiger partial charge in [0.05, 0.1) is 13.2 Å². The molecule has 0 aromatic carbocycles. The van der Waals surface area contributed by atoms with Crippen LogP contribution in [0.2, 0.25) is 0 Å². The summed E-state index contributed by atoms with van der Waals surface area (Å²) >= 11 is 0. The number of hydrogen-bond donors (Lipinski definition) is 1. The SMILES string of the molecule is [O]CCCCOS(=O)(=O)O. The summed E-state index contributed by atoms with van der Waals surface area (Å²) in [6.07, 6.45) is 0.707. The standard InChI is InChI=1S/C4H9O5S/c5-3-1-2-4-9-10(6,7)8/h1-4H2,(H,6,7,8). The minimum Gasteiger partial charge on any atom is -0.264 e. The Morgan fingerprint density at radius 2 is 1.90 bits per heavy atom. The van der Waals surface area contributed by atoms with Crippen molar-refractivity contribution >= 4 is 10.4 Å². The quantitative estimate of drug-likeness (QED) is 0.464. The van der Waals surface area contributed by atoms with Crippen molar-refractivity contribution in [2.75, 3.05) is 13.2 Å². The lowest BCUT2D eigenvalue weighted by Crippen LogP contribution is -2.04. The molecule has 0 atom stereocenters. The van der Waals surface area contributed by atoms with Crippen LogP contribution in [0.15, 0.2) is 0 Å². The zero-order valence-corrected chi connectivity index (χ0v) is 6.13. The van der Waals surface area contributed by atoms with E-state index in [-0.39, 0.29) is 13.2 Å². The molecule has 0 fully saturated rings. The highest BCUT2D eigenvalue weighted by Crippen LogP contribution is 1.92. The van der Waals surface area contributed by atoms with E-state index in [0.29, 0.717) is 12.8 Å². The van der Waals surface area contributed by atoms with Crippen LogP contribution < -0.4 is 0 Å². The maximum absolute atomic E-state index is 9.85. The maximum atomic E-state index is 9.85. The van der Waals surface area contributed by atoms with Crippen molar-refractivity contribution in [2.24, 2.45) is 0 Å². The van der Waals surface area contributed by atoms with Crippen LogP contribution in [0.4, 0.5) is 0 Å². The zero-order valence-electron chi connectivity index (χ0n) is 5.32. The molecule has 0 saturated carbocycles. The van der Waals surface area contributed by atoms with E-state index in [2.05, 4.69) is 4.18 Å². The van der Waals surface area contributed by atoms with Gasteiger partial charge < -0.3 is 0 Å². The summed E-state index contributed by atoms with van der Waals surface area (Å²) in [4.78, 5) is 0. The van der Waals surface area contributed by atoms with E-state index in [9.17, 15) is 13.5 Å². The fraction of sp³-hybridized carbons (Fsp3) is 1.00. The Morgan fingerprint density at radius 1 is 1.30 bits per heavy atom. The fourth-order valence-corrected chi connectivity index (χ4v) is 0.697. The van der Waals surface area contributed by atoms with E-state index in [0.717, 1.165) is 0 Å². The van der Waals surface area contributed by atoms with Gasteiger partial charge in [-0.3, -0.25) is 4.55 Å². The molecule has 0 aliphatic rings. The first kappa shape index (κ1) is 9.83. The van der Waals surface area contributed by atoms with Gasteiger partial charge in [0.1, 0.15) is 0 Å². The molecule has 0 bridgehead atoms. The summed E-state index contributed by atoms with van der Waals surface area (Å²) in [6.45, 7) is -0.379. The summed E-state index contributed by atoms with van der Waals surface area (Å²) < 4.78 is 31.6. The first-order valence-electron chi connectivity index (χ1n) is 2.76. The molecule has 0 amide bonds. The molecular weight excluding hydrogens is 160 g/mol. The molecule has 0 unspecified atom stereocenters. The molecule has 5 nitrogen and oxygen atoms in total. The Kier molecular flexibility index (Phi) is 4.54. The summed E-state index contributed by atoms with van der Waals surface area (Å²) in [6, 6.07) is 0. The molecular formula is C4H9O5S. The lowest BCUT2D eigenvalue weighted by Gasteiger charge is -1.96. The average molecular weight is 169 g/mol. The molecule has 61 valence electrons. The van der Waals surface area contributed by atoms with Crippen molar-refractivity contribution < 1.29 is 22.3 Å². The van der Waals surface area contributed by atoms with E-state index in [4.69, 9.17) is 4.55 Å². The Morgan fingerprint density at radius 3 is 2.30 bits per heavy atom. The van der Waals surface area contributed by atoms with E-state index in [1.54, 1.807) is 0 Å². The second-order valence-corrected chi connectivity index (χ2v) is 2.75. The van der Waals surface area contributed by atoms with Gasteiger partial charge in [0.25, 0.3) is 0 Å². The molecule has 6 heteroatoms. The van der Waals surface area contributed by atoms with Gasteiger partial charge in [0.2, 0.25) is 0 Å². The van der Waals surface area contributed by atoms with Crippen LogP contribution in [0.3, 0.4) is 0 Å². The van der Waals surface area contributed by atoms with Crippen LogP contribution >= 0.6 is 0 Å². The third kappa shape index (κ3) is 7.83. The molecule has 0 aromatic rings. The molecule has 0 heterocycles. The predicted octanol–water partition coefficient (Wildman–Crippen LogP) is 0.0165. The lowest BCUT2D eigenvalue weighted by molar-refractivity contribution is 0.175. The summed E-state index contributed by atoms with van der Waals surface area (Å²) in [7, 11) is -4.31. The number of hydrogen-bond acceptors (Lipinski definition) is 3. The second kappa shape index (κ2) is 4.62. The Hall–Kier alpha value is -0.170. The van der Waals surface area contributed by atoms with Gasteiger partial charge >= 0.3 is 10.4 Å². The largest absolute Gasteiger partial charge is 0.397 e. The zero-order chi connectivity index (χ0) is 8.04. The van der Waals surface area contributed by atoms with Gasteiger partial charge in [-0.25, -0.2) is 9.29 Å². The van der Waals surface area contributed by atoms with Crippen molar-refractivity contribution in [3.05, 3.63) is 0 Å². The monoisotopic (exact) mass is 169 g/mol. The summed E-state index contributed by atoms with van der Waals surface area (Å²) in [5, 5.41) is 9.79. The molecule has 0 saturated heterocycles. The molecule has 0 spiro atoms. The van der Waals surface area contributed by atoms with Gasteiger partial charge in [0, 0.05) is 0 Å². The molecule has 1 radical (unpaired) electrons. The van der Waals surface area contributed by atoms with Crippen LogP contribution in [0.1, 0.15) is 12.8 Å². The number of unbranched alkanes of at least 4 members (excludes halogenated alkanes) is 1. The minimum absolute atomic E-state index is 0.124. The van der Waals surface area contributed by atoms with E-state index >= 15 is 0 Å². The van der Waals surface area contributed by atoms with Crippen LogP contribution in [-0.2, 0) is 19.7 Å². The Bertz CT molecular complexity index is 160. The van der Waals surface area contributed by atoms with E-state index < -0.39 is 10.4 Å². The molecule has 0 aromatic heterocycles. The first-order chi connectivity index (χ1) is 4.56. The lowest BCUT2D eigenvalue weighted by atomic mass is 10.3. The van der Waals surface area contributed by atoms with E-state index in [1.807, 2.05) is 0 Å². The minimum atomic E-state index is -4.31. The maximum Gasteiger partial charge on any atom is 0.397 e. The second-order valence-electron chi connectivity index (χ2n) is 1.66. The van der Waals surface area contributed by atoms with Crippen molar-refractivity contribution in [1.82, 2.24) is 0 Å². The third-order valence-corrected chi connectivity index (χ3v) is 1.24. The molecule has 0 rings (SSSR count). The highest BCUT2D eigenvalue weighted by atomic mass is 32.3. The van der Waals surface area contributed by atoms with Crippen molar-refractivity contribution in [2.45, 2.75) is 12.8 Å². The normalized spacial score (nSPS) is 11.8. The van der Waals surface area contributed by atoms with Gasteiger partial charge in [-0.2, -0.15) is 8.42 Å². The Balaban J connectivity index is 3.21. The van der Waals surface area contributed by atoms with Crippen LogP contribution in [0.25, 0.3) is 0 Å². The first-order valence-corrected chi connectivity index (χ1v) is 4.13. The predicted molar refractivity (Wildman–Crippen MR) is 32.3 cm³/mol. The average Bonchev–Trinajstić information content (AvgIpc) is 1.78. The smallest absolute Gasteiger partial charge is 0.264 e. The van der Waals surface area contributed by atoms with Gasteiger partial charge in [-0.1, -0.05) is 0 Å². The van der Waals surface area contributed by atoms with Crippen LogP contribution in [0, 0.1) is 0 Å². The van der Waals surface area contributed by atoms with E-state index in [1.165, 1.54) is 0 Å². The molecule has 10 heavy (non-hydrogen) atoms. The van der Waals surface area contributed by atoms with Gasteiger partial charge in [0.15, 0.2) is 0 Å². The molecule has 0 aliphatic carbocycles. The molecule has 0 aliphatic heterocycles. The topological polar surface area (TPSA) is 83.5 Å². The third-order valence-electron chi connectivity index (χ3n) is 0.771. The van der Waals surface area contributed by atoms with Crippen molar-refractivity contribution in [3.8, 4) is 0 Å². The molecule has 1 N–H and O–H groups in total. The summed E-state index contributed by atoms with van der Waals surface area (Å²) in [5.41, 5.74) is 0. The van der Waals surface area contributed by atoms with Crippen molar-refractivity contribution in [3.63, 3.8) is 0 Å². The van der Waals surface area contributed by atoms with Crippen LogP contribution in [-0.4, -0.2) is 26.2 Å². The van der Waals surface area contributed by atoms with Crippen molar-refractivity contribution in [1.29, 1.82) is 0 Å². The number of rotatable bonds is 5.